The van der Waals surface area contributed by atoms with Crippen molar-refractivity contribution in [1.29, 1.82) is 0 Å². The molecule has 94 valence electrons. The molecule has 1 heterocycles. The van der Waals surface area contributed by atoms with Gasteiger partial charge in [0.2, 0.25) is 0 Å². The number of benzene rings is 2. The maximum absolute atomic E-state index is 12.4. The lowest BCUT2D eigenvalue weighted by Crippen LogP contribution is -2.29. The van der Waals surface area contributed by atoms with Gasteiger partial charge in [-0.1, -0.05) is 28.1 Å². The van der Waals surface area contributed by atoms with E-state index < -0.39 is 0 Å². The molecule has 0 saturated carbocycles. The predicted octanol–water partition coefficient (Wildman–Crippen LogP) is 3.56. The van der Waals surface area contributed by atoms with Crippen molar-refractivity contribution in [2.45, 2.75) is 6.92 Å². The van der Waals surface area contributed by atoms with Crippen LogP contribution in [0.2, 0.25) is 0 Å². The van der Waals surface area contributed by atoms with Gasteiger partial charge < -0.3 is 0 Å². The molecule has 3 nitrogen and oxygen atoms in total. The standard InChI is InChI=1S/C15H10BrNO2/c1-9-3-2-4-11(7-9)17-14(18)12-6-5-10(16)8-13(12)15(17)19/h2-8H,1H3. The van der Waals surface area contributed by atoms with Gasteiger partial charge in [-0.05, 0) is 42.8 Å². The molecule has 0 saturated heterocycles. The summed E-state index contributed by atoms with van der Waals surface area (Å²) in [5.41, 5.74) is 2.52. The Bertz CT molecular complexity index is 709. The first kappa shape index (κ1) is 12.1. The van der Waals surface area contributed by atoms with E-state index in [1.165, 1.54) is 4.90 Å². The second-order valence-electron chi connectivity index (χ2n) is 4.47. The molecule has 0 aliphatic carbocycles. The molecular weight excluding hydrogens is 306 g/mol. The molecule has 2 aromatic carbocycles. The Kier molecular flexibility index (Phi) is 2.75. The highest BCUT2D eigenvalue weighted by molar-refractivity contribution is 9.10. The van der Waals surface area contributed by atoms with Crippen molar-refractivity contribution in [2.24, 2.45) is 0 Å². The number of hydrogen-bond donors (Lipinski definition) is 0. The minimum Gasteiger partial charge on any atom is -0.268 e. The number of fused-ring (bicyclic) bond motifs is 1. The molecule has 0 bridgehead atoms. The average molecular weight is 316 g/mol. The first-order chi connectivity index (χ1) is 9.08. The molecule has 0 unspecified atom stereocenters. The molecular formula is C15H10BrNO2. The zero-order valence-corrected chi connectivity index (χ0v) is 11.8. The second kappa shape index (κ2) is 4.31. The largest absolute Gasteiger partial charge is 0.268 e. The Balaban J connectivity index is 2.13. The number of aryl methyl sites for hydroxylation is 1. The SMILES string of the molecule is Cc1cccc(N2C(=O)c3ccc(Br)cc3C2=O)c1. The molecule has 0 atom stereocenters. The van der Waals surface area contributed by atoms with Crippen LogP contribution in [0.5, 0.6) is 0 Å². The van der Waals surface area contributed by atoms with Crippen molar-refractivity contribution in [3.05, 3.63) is 63.6 Å². The van der Waals surface area contributed by atoms with Gasteiger partial charge in [-0.2, -0.15) is 0 Å². The minimum atomic E-state index is -0.271. The number of halogens is 1. The van der Waals surface area contributed by atoms with E-state index in [-0.39, 0.29) is 11.8 Å². The molecule has 1 aliphatic heterocycles. The number of amides is 2. The van der Waals surface area contributed by atoms with Gasteiger partial charge in [0.1, 0.15) is 0 Å². The maximum Gasteiger partial charge on any atom is 0.266 e. The topological polar surface area (TPSA) is 37.4 Å². The van der Waals surface area contributed by atoms with Gasteiger partial charge in [0, 0.05) is 4.47 Å². The Morgan fingerprint density at radius 1 is 0.947 bits per heavy atom. The van der Waals surface area contributed by atoms with E-state index in [2.05, 4.69) is 15.9 Å². The van der Waals surface area contributed by atoms with Gasteiger partial charge in [0.15, 0.2) is 0 Å². The summed E-state index contributed by atoms with van der Waals surface area (Å²) >= 11 is 3.32. The molecule has 1 aliphatic rings. The van der Waals surface area contributed by atoms with Crippen LogP contribution in [0.3, 0.4) is 0 Å². The van der Waals surface area contributed by atoms with Crippen molar-refractivity contribution in [1.82, 2.24) is 0 Å². The van der Waals surface area contributed by atoms with E-state index in [1.807, 2.05) is 25.1 Å². The van der Waals surface area contributed by atoms with Crippen LogP contribution >= 0.6 is 15.9 Å². The minimum absolute atomic E-state index is 0.266. The van der Waals surface area contributed by atoms with E-state index in [1.54, 1.807) is 24.3 Å². The first-order valence-corrected chi connectivity index (χ1v) is 6.62. The third-order valence-corrected chi connectivity index (χ3v) is 3.60. The highest BCUT2D eigenvalue weighted by Crippen LogP contribution is 2.30. The summed E-state index contributed by atoms with van der Waals surface area (Å²) in [4.78, 5) is 25.9. The predicted molar refractivity (Wildman–Crippen MR) is 76.5 cm³/mol. The zero-order chi connectivity index (χ0) is 13.6. The molecule has 19 heavy (non-hydrogen) atoms. The van der Waals surface area contributed by atoms with Crippen LogP contribution in [0.25, 0.3) is 0 Å². The van der Waals surface area contributed by atoms with Crippen LogP contribution in [0.4, 0.5) is 5.69 Å². The second-order valence-corrected chi connectivity index (χ2v) is 5.39. The number of rotatable bonds is 1. The summed E-state index contributed by atoms with van der Waals surface area (Å²) in [6.07, 6.45) is 0. The lowest BCUT2D eigenvalue weighted by Gasteiger charge is -2.14. The summed E-state index contributed by atoms with van der Waals surface area (Å²) < 4.78 is 0.790. The summed E-state index contributed by atoms with van der Waals surface area (Å²) in [5, 5.41) is 0. The highest BCUT2D eigenvalue weighted by atomic mass is 79.9. The molecule has 4 heteroatoms. The van der Waals surface area contributed by atoms with Crippen molar-refractivity contribution >= 4 is 33.4 Å². The molecule has 0 radical (unpaired) electrons. The van der Waals surface area contributed by atoms with Crippen LogP contribution in [0.15, 0.2) is 46.9 Å². The van der Waals surface area contributed by atoms with Crippen molar-refractivity contribution in [3.63, 3.8) is 0 Å². The molecule has 3 rings (SSSR count). The number of carbonyl (C=O) groups excluding carboxylic acids is 2. The van der Waals surface area contributed by atoms with Gasteiger partial charge in [-0.25, -0.2) is 4.90 Å². The Morgan fingerprint density at radius 2 is 1.68 bits per heavy atom. The van der Waals surface area contributed by atoms with Gasteiger partial charge in [0.25, 0.3) is 11.8 Å². The van der Waals surface area contributed by atoms with E-state index in [0.29, 0.717) is 16.8 Å². The first-order valence-electron chi connectivity index (χ1n) is 5.83. The van der Waals surface area contributed by atoms with Crippen LogP contribution < -0.4 is 4.90 Å². The smallest absolute Gasteiger partial charge is 0.266 e. The highest BCUT2D eigenvalue weighted by Gasteiger charge is 2.36. The molecule has 0 fully saturated rings. The fraction of sp³-hybridized carbons (Fsp3) is 0.0667. The maximum atomic E-state index is 12.4. The number of carbonyl (C=O) groups is 2. The van der Waals surface area contributed by atoms with Crippen LogP contribution in [-0.2, 0) is 0 Å². The fourth-order valence-corrected chi connectivity index (χ4v) is 2.58. The lowest BCUT2D eigenvalue weighted by atomic mass is 10.1. The average Bonchev–Trinajstić information content (AvgIpc) is 2.61. The third kappa shape index (κ3) is 1.88. The van der Waals surface area contributed by atoms with Crippen molar-refractivity contribution < 1.29 is 9.59 Å². The van der Waals surface area contributed by atoms with Crippen molar-refractivity contribution in [2.75, 3.05) is 4.90 Å². The number of anilines is 1. The zero-order valence-electron chi connectivity index (χ0n) is 10.2. The normalized spacial score (nSPS) is 13.9. The quantitative estimate of drug-likeness (QED) is 0.755. The number of imide groups is 1. The monoisotopic (exact) mass is 315 g/mol. The molecule has 0 aromatic heterocycles. The third-order valence-electron chi connectivity index (χ3n) is 3.11. The van der Waals surface area contributed by atoms with Crippen LogP contribution in [0, 0.1) is 6.92 Å². The summed E-state index contributed by atoms with van der Waals surface area (Å²) in [7, 11) is 0. The number of nitrogens with zero attached hydrogens (tertiary/aromatic N) is 1. The summed E-state index contributed by atoms with van der Waals surface area (Å²) in [6, 6.07) is 12.5. The Labute approximate surface area is 119 Å². The molecule has 2 amide bonds. The van der Waals surface area contributed by atoms with E-state index in [9.17, 15) is 9.59 Å². The van der Waals surface area contributed by atoms with E-state index >= 15 is 0 Å². The molecule has 2 aromatic rings. The Hall–Kier alpha value is -1.94. The van der Waals surface area contributed by atoms with Gasteiger partial charge >= 0.3 is 0 Å². The van der Waals surface area contributed by atoms with Gasteiger partial charge in [0.05, 0.1) is 16.8 Å². The Morgan fingerprint density at radius 3 is 2.42 bits per heavy atom. The van der Waals surface area contributed by atoms with E-state index in [0.717, 1.165) is 10.0 Å². The van der Waals surface area contributed by atoms with Gasteiger partial charge in [-0.3, -0.25) is 9.59 Å². The summed E-state index contributed by atoms with van der Waals surface area (Å²) in [6.45, 7) is 1.93. The number of hydrogen-bond acceptors (Lipinski definition) is 2. The molecule has 0 spiro atoms. The fourth-order valence-electron chi connectivity index (χ4n) is 2.21. The molecule has 0 N–H and O–H groups in total. The summed E-state index contributed by atoms with van der Waals surface area (Å²) in [5.74, 6) is -0.537. The van der Waals surface area contributed by atoms with Gasteiger partial charge in [-0.15, -0.1) is 0 Å². The van der Waals surface area contributed by atoms with Crippen LogP contribution in [0.1, 0.15) is 26.3 Å². The van der Waals surface area contributed by atoms with E-state index in [4.69, 9.17) is 0 Å². The lowest BCUT2D eigenvalue weighted by molar-refractivity contribution is 0.0926. The van der Waals surface area contributed by atoms with Crippen molar-refractivity contribution in [3.8, 4) is 0 Å². The van der Waals surface area contributed by atoms with Crippen LogP contribution in [-0.4, -0.2) is 11.8 Å².